The predicted octanol–water partition coefficient (Wildman–Crippen LogP) is 2.93. The number of unbranched alkanes of at least 4 members (excludes halogenated alkanes) is 2. The summed E-state index contributed by atoms with van der Waals surface area (Å²) in [5.41, 5.74) is 1.37. The first-order valence-corrected chi connectivity index (χ1v) is 6.67. The summed E-state index contributed by atoms with van der Waals surface area (Å²) in [7, 11) is 0. The van der Waals surface area contributed by atoms with Gasteiger partial charge in [0.1, 0.15) is 5.78 Å². The highest BCUT2D eigenvalue weighted by Crippen LogP contribution is 2.37. The zero-order valence-corrected chi connectivity index (χ0v) is 10.4. The first kappa shape index (κ1) is 11.8. The van der Waals surface area contributed by atoms with Crippen LogP contribution in [-0.4, -0.2) is 29.3 Å². The highest BCUT2D eigenvalue weighted by atomic mass is 16.1. The van der Waals surface area contributed by atoms with E-state index in [-0.39, 0.29) is 0 Å². The molecule has 0 aromatic heterocycles. The average Bonchev–Trinajstić information content (AvgIpc) is 2.96. The third-order valence-corrected chi connectivity index (χ3v) is 3.89. The molecule has 0 N–H and O–H groups in total. The van der Waals surface area contributed by atoms with Crippen LogP contribution < -0.4 is 0 Å². The summed E-state index contributed by atoms with van der Waals surface area (Å²) in [5, 5.41) is 0. The van der Waals surface area contributed by atoms with E-state index in [1.54, 1.807) is 0 Å². The molecule has 1 heterocycles. The Morgan fingerprint density at radius 2 is 2.12 bits per heavy atom. The number of rotatable bonds is 5. The van der Waals surface area contributed by atoms with Gasteiger partial charge < -0.3 is 0 Å². The van der Waals surface area contributed by atoms with Gasteiger partial charge in [-0.15, -0.1) is 0 Å². The van der Waals surface area contributed by atoms with Gasteiger partial charge in [0.25, 0.3) is 0 Å². The number of piperidine rings is 1. The van der Waals surface area contributed by atoms with Crippen molar-refractivity contribution >= 4 is 5.78 Å². The lowest BCUT2D eigenvalue weighted by Gasteiger charge is -2.35. The molecule has 1 saturated carbocycles. The fourth-order valence-electron chi connectivity index (χ4n) is 2.77. The lowest BCUT2D eigenvalue weighted by atomic mass is 9.95. The van der Waals surface area contributed by atoms with Crippen molar-refractivity contribution in [2.45, 2.75) is 64.0 Å². The lowest BCUT2D eigenvalue weighted by Crippen LogP contribution is -2.44. The molecule has 1 aliphatic heterocycles. The Hall–Kier alpha value is -0.630. The molecular formula is C14H23NO. The number of ketones is 1. The summed E-state index contributed by atoms with van der Waals surface area (Å²) in [5.74, 6) is 0.462. The first-order valence-electron chi connectivity index (χ1n) is 6.67. The quantitative estimate of drug-likeness (QED) is 0.525. The molecule has 2 aliphatic rings. The summed E-state index contributed by atoms with van der Waals surface area (Å²) >= 11 is 0. The average molecular weight is 221 g/mol. The first-order chi connectivity index (χ1) is 7.72. The number of Topliss-reactive ketones (excluding diaryl/α,β-unsaturated/α-hetero) is 1. The Balaban J connectivity index is 1.87. The molecule has 0 amide bonds. The van der Waals surface area contributed by atoms with Gasteiger partial charge in [-0.2, -0.15) is 0 Å². The van der Waals surface area contributed by atoms with E-state index in [4.69, 9.17) is 0 Å². The molecule has 1 saturated heterocycles. The predicted molar refractivity (Wildman–Crippen MR) is 66.4 cm³/mol. The highest BCUT2D eigenvalue weighted by Gasteiger charge is 2.39. The van der Waals surface area contributed by atoms with E-state index in [0.29, 0.717) is 17.9 Å². The molecular weight excluding hydrogens is 198 g/mol. The van der Waals surface area contributed by atoms with E-state index in [1.807, 2.05) is 0 Å². The molecule has 90 valence electrons. The molecule has 16 heavy (non-hydrogen) atoms. The van der Waals surface area contributed by atoms with Crippen LogP contribution in [0.25, 0.3) is 0 Å². The van der Waals surface area contributed by atoms with Crippen LogP contribution >= 0.6 is 0 Å². The van der Waals surface area contributed by atoms with Gasteiger partial charge in [0.2, 0.25) is 0 Å². The van der Waals surface area contributed by atoms with E-state index in [2.05, 4.69) is 18.4 Å². The molecule has 2 nitrogen and oxygen atoms in total. The van der Waals surface area contributed by atoms with Gasteiger partial charge >= 0.3 is 0 Å². The van der Waals surface area contributed by atoms with Crippen LogP contribution in [0.3, 0.4) is 0 Å². The summed E-state index contributed by atoms with van der Waals surface area (Å²) in [6.45, 7) is 7.25. The standard InChI is InChI=1S/C14H23NO/c1-3-4-5-6-12-10-13(16)7-8-15(12)14-9-11(14)2/h12,14H,2-10H2,1H3. The number of hydrogen-bond donors (Lipinski definition) is 0. The number of nitrogens with zero attached hydrogens (tertiary/aromatic N) is 1. The van der Waals surface area contributed by atoms with E-state index < -0.39 is 0 Å². The second-order valence-electron chi connectivity index (χ2n) is 5.26. The molecule has 0 radical (unpaired) electrons. The summed E-state index contributed by atoms with van der Waals surface area (Å²) < 4.78 is 0. The third-order valence-electron chi connectivity index (χ3n) is 3.89. The molecule has 2 rings (SSSR count). The van der Waals surface area contributed by atoms with Crippen LogP contribution in [0, 0.1) is 0 Å². The van der Waals surface area contributed by atoms with Crippen LogP contribution in [0.4, 0.5) is 0 Å². The molecule has 0 bridgehead atoms. The summed E-state index contributed by atoms with van der Waals surface area (Å²) in [4.78, 5) is 14.1. The maximum Gasteiger partial charge on any atom is 0.135 e. The monoisotopic (exact) mass is 221 g/mol. The largest absolute Gasteiger partial charge is 0.300 e. The van der Waals surface area contributed by atoms with Gasteiger partial charge in [-0.3, -0.25) is 9.69 Å². The van der Waals surface area contributed by atoms with Crippen LogP contribution in [0.1, 0.15) is 51.9 Å². The Morgan fingerprint density at radius 1 is 1.38 bits per heavy atom. The zero-order chi connectivity index (χ0) is 11.5. The fraction of sp³-hybridized carbons (Fsp3) is 0.786. The van der Waals surface area contributed by atoms with Crippen molar-refractivity contribution in [2.24, 2.45) is 0 Å². The van der Waals surface area contributed by atoms with Crippen LogP contribution in [-0.2, 0) is 4.79 Å². The van der Waals surface area contributed by atoms with Crippen LogP contribution in [0.2, 0.25) is 0 Å². The van der Waals surface area contributed by atoms with Crippen LogP contribution in [0.5, 0.6) is 0 Å². The van der Waals surface area contributed by atoms with Gasteiger partial charge in [-0.05, 0) is 12.8 Å². The summed E-state index contributed by atoms with van der Waals surface area (Å²) in [6.07, 6.45) is 7.73. The van der Waals surface area contributed by atoms with Crippen molar-refractivity contribution in [3.8, 4) is 0 Å². The second-order valence-corrected chi connectivity index (χ2v) is 5.26. The van der Waals surface area contributed by atoms with E-state index in [1.165, 1.54) is 37.7 Å². The van der Waals surface area contributed by atoms with Crippen LogP contribution in [0.15, 0.2) is 12.2 Å². The van der Waals surface area contributed by atoms with Gasteiger partial charge in [0, 0.05) is 31.5 Å². The molecule has 0 spiro atoms. The molecule has 2 unspecified atom stereocenters. The van der Waals surface area contributed by atoms with Crippen molar-refractivity contribution in [3.63, 3.8) is 0 Å². The Kier molecular flexibility index (Phi) is 3.80. The molecule has 0 aromatic carbocycles. The lowest BCUT2D eigenvalue weighted by molar-refractivity contribution is -0.123. The Bertz CT molecular complexity index is 284. The zero-order valence-electron chi connectivity index (χ0n) is 10.4. The SMILES string of the molecule is C=C1CC1N1CCC(=O)CC1CCCCC. The molecule has 1 aliphatic carbocycles. The summed E-state index contributed by atoms with van der Waals surface area (Å²) in [6, 6.07) is 1.12. The molecule has 2 heteroatoms. The van der Waals surface area contributed by atoms with Crippen molar-refractivity contribution < 1.29 is 4.79 Å². The van der Waals surface area contributed by atoms with Crippen molar-refractivity contribution in [1.82, 2.24) is 4.90 Å². The number of likely N-dealkylation sites (tertiary alicyclic amines) is 1. The van der Waals surface area contributed by atoms with E-state index in [0.717, 1.165) is 19.4 Å². The van der Waals surface area contributed by atoms with E-state index in [9.17, 15) is 4.79 Å². The third kappa shape index (κ3) is 2.73. The van der Waals surface area contributed by atoms with Gasteiger partial charge in [0.05, 0.1) is 0 Å². The minimum Gasteiger partial charge on any atom is -0.300 e. The van der Waals surface area contributed by atoms with Gasteiger partial charge in [0.15, 0.2) is 0 Å². The maximum absolute atomic E-state index is 11.5. The Labute approximate surface area is 98.7 Å². The topological polar surface area (TPSA) is 20.3 Å². The minimum absolute atomic E-state index is 0.462. The van der Waals surface area contributed by atoms with Crippen molar-refractivity contribution in [3.05, 3.63) is 12.2 Å². The number of carbonyl (C=O) groups excluding carboxylic acids is 1. The second kappa shape index (κ2) is 5.13. The smallest absolute Gasteiger partial charge is 0.135 e. The number of carbonyl (C=O) groups is 1. The van der Waals surface area contributed by atoms with Gasteiger partial charge in [-0.25, -0.2) is 0 Å². The molecule has 2 fully saturated rings. The van der Waals surface area contributed by atoms with E-state index >= 15 is 0 Å². The molecule has 0 aromatic rings. The normalized spacial score (nSPS) is 30.8. The fourth-order valence-corrected chi connectivity index (χ4v) is 2.77. The van der Waals surface area contributed by atoms with Crippen molar-refractivity contribution in [1.29, 1.82) is 0 Å². The number of hydrogen-bond acceptors (Lipinski definition) is 2. The van der Waals surface area contributed by atoms with Crippen molar-refractivity contribution in [2.75, 3.05) is 6.54 Å². The van der Waals surface area contributed by atoms with Gasteiger partial charge in [-0.1, -0.05) is 38.3 Å². The highest BCUT2D eigenvalue weighted by molar-refractivity contribution is 5.80. The Morgan fingerprint density at radius 3 is 2.75 bits per heavy atom. The molecule has 2 atom stereocenters. The maximum atomic E-state index is 11.5. The minimum atomic E-state index is 0.462.